The molecule has 55 heteroatoms. The van der Waals surface area contributed by atoms with Crippen molar-refractivity contribution < 1.29 is 146 Å². The minimum Gasteiger partial charge on any atom is -0.481 e. The number of likely N-dealkylation sites (tertiary alicyclic amines) is 1. The average Bonchev–Trinajstić information content (AvgIpc) is 1.66. The Morgan fingerprint density at radius 3 is 1.14 bits per heavy atom. The lowest BCUT2D eigenvalue weighted by molar-refractivity contribution is -0.144. The van der Waals surface area contributed by atoms with Gasteiger partial charge in [-0.1, -0.05) is 54.4 Å². The molecule has 1 rings (SSSR count). The van der Waals surface area contributed by atoms with Gasteiger partial charge >= 0.3 is 29.8 Å². The van der Waals surface area contributed by atoms with Crippen LogP contribution < -0.4 is 124 Å². The molecule has 142 heavy (non-hydrogen) atoms. The van der Waals surface area contributed by atoms with Gasteiger partial charge in [-0.2, -0.15) is 0 Å². The number of unbranched alkanes of at least 4 members (excludes halogenated alkanes) is 3. The van der Waals surface area contributed by atoms with Gasteiger partial charge in [0.15, 0.2) is 5.96 Å². The molecule has 0 aliphatic carbocycles. The first-order valence-electron chi connectivity index (χ1n) is 47.4. The first-order chi connectivity index (χ1) is 66.6. The topological polar surface area (TPSA) is 908 Å². The third-order valence-electron chi connectivity index (χ3n) is 22.9. The lowest BCUT2D eigenvalue weighted by Crippen LogP contribution is -2.62. The van der Waals surface area contributed by atoms with E-state index >= 15 is 0 Å². The summed E-state index contributed by atoms with van der Waals surface area (Å²) in [6.45, 7) is 14.5. The van der Waals surface area contributed by atoms with Crippen LogP contribution in [0, 0.1) is 23.2 Å². The van der Waals surface area contributed by atoms with Gasteiger partial charge in [-0.25, -0.2) is 4.79 Å². The zero-order valence-corrected chi connectivity index (χ0v) is 82.3. The van der Waals surface area contributed by atoms with Crippen LogP contribution in [-0.4, -0.2) is 344 Å². The van der Waals surface area contributed by atoms with Gasteiger partial charge in [0.1, 0.15) is 96.7 Å². The highest BCUT2D eigenvalue weighted by molar-refractivity contribution is 6.02. The molecular formula is C87H151N25O30. The predicted molar refractivity (Wildman–Crippen MR) is 505 cm³/mol. The number of carbonyl (C=O) groups excluding carboxylic acids is 18. The smallest absolute Gasteiger partial charge is 0.326 e. The Morgan fingerprint density at radius 2 is 0.711 bits per heavy atom. The van der Waals surface area contributed by atoms with E-state index in [9.17, 15) is 141 Å². The second-order valence-corrected chi connectivity index (χ2v) is 35.4. The number of carboxylic acids is 5. The maximum Gasteiger partial charge on any atom is 0.326 e. The molecule has 55 nitrogen and oxygen atoms in total. The minimum atomic E-state index is -1.99. The van der Waals surface area contributed by atoms with Gasteiger partial charge in [0.25, 0.3) is 0 Å². The summed E-state index contributed by atoms with van der Waals surface area (Å²) in [6, 6.07) is -26.7. The number of hydrogen-bond donors (Lipinski definition) is 31. The number of aliphatic carboxylic acids is 5. The fourth-order valence-corrected chi connectivity index (χ4v) is 14.2. The number of hydrogen-bond acceptors (Lipinski definition) is 30. The number of nitrogens with one attached hydrogen (secondary N) is 19. The molecule has 1 saturated heterocycles. The molecule has 0 aromatic rings. The molecule has 1 aliphatic rings. The predicted octanol–water partition coefficient (Wildman–Crippen LogP) is -9.43. The first kappa shape index (κ1) is 127. The summed E-state index contributed by atoms with van der Waals surface area (Å²) in [7, 11) is 0. The summed E-state index contributed by atoms with van der Waals surface area (Å²) in [5.74, 6) is -27.9. The second-order valence-electron chi connectivity index (χ2n) is 35.4. The molecule has 804 valence electrons. The standard InChI is InChI=1S/C87H151N25O30/c1-12-43(5)66(108-61(116)41-95-60(115)40-96-74(129)51(25-20-36-94-87(92)93)100-70(125)45(7)98-83(138)68(48(10)113)110-72(127)47(9)97-75(130)54(28-31-63(119)120)104-78(133)55(29-32-64(121)122)102-73(128)50(91)27-30-62(117)118)82(137)109-67(44(6)13-2)81(136)107-58(38-42(3)4)85(140)112-37-21-26-59(112)80(135)106-57(39-65(123)124)79(134)111-69(49(11)114)84(139)99-46(8)71(126)101-52(22-14-17-33-88)76(131)103-53(23-15-18-34-89)77(132)105-56(86(141)142)24-16-19-35-90/h42-59,66-69,113-114H,12-41,88-91H2,1-11H3,(H,95,115)(H,96,129)(H,97,130)(H,98,138)(H,99,139)(H,100,125)(H,101,126)(H,102,128)(H,103,131)(H,104,133)(H,105,132)(H,106,135)(H,107,136)(H,108,116)(H,109,137)(H,110,127)(H,111,134)(H,117,118)(H,119,120)(H,121,122)(H,123,124)(H,141,142)(H4,92,93,94)/t43-,44-,45-,46-,47-,48+,49+,50-,51-,52-,53-,54-,55-,56-,57-,58-,59-,66-,67-,68-,69-/m0/s1. The van der Waals surface area contributed by atoms with E-state index in [2.05, 4.69) is 95.7 Å². The molecule has 0 spiro atoms. The summed E-state index contributed by atoms with van der Waals surface area (Å²) >= 11 is 0. The molecule has 21 atom stereocenters. The van der Waals surface area contributed by atoms with Crippen LogP contribution in [0.5, 0.6) is 0 Å². The number of carboxylic acid groups (broad SMARTS) is 5. The van der Waals surface area contributed by atoms with E-state index in [4.69, 9.17) is 39.2 Å². The van der Waals surface area contributed by atoms with Gasteiger partial charge in [0.05, 0.1) is 37.8 Å². The Kier molecular flexibility index (Phi) is 59.4. The Morgan fingerprint density at radius 1 is 0.359 bits per heavy atom. The van der Waals surface area contributed by atoms with E-state index in [0.717, 1.165) is 32.6 Å². The van der Waals surface area contributed by atoms with Crippen molar-refractivity contribution in [1.29, 1.82) is 5.41 Å². The van der Waals surface area contributed by atoms with Crippen molar-refractivity contribution in [3.8, 4) is 0 Å². The number of amides is 18. The maximum atomic E-state index is 14.8. The Hall–Kier alpha value is -13.2. The highest BCUT2D eigenvalue weighted by Crippen LogP contribution is 2.23. The van der Waals surface area contributed by atoms with Crippen molar-refractivity contribution in [3.05, 3.63) is 0 Å². The van der Waals surface area contributed by atoms with Gasteiger partial charge in [-0.05, 0) is 181 Å². The molecule has 1 aliphatic heterocycles. The molecule has 36 N–H and O–H groups in total. The van der Waals surface area contributed by atoms with Crippen molar-refractivity contribution in [2.75, 3.05) is 45.8 Å². The molecule has 18 amide bonds. The van der Waals surface area contributed by atoms with Crippen molar-refractivity contribution in [3.63, 3.8) is 0 Å². The van der Waals surface area contributed by atoms with Crippen LogP contribution in [0.2, 0.25) is 0 Å². The van der Waals surface area contributed by atoms with Crippen LogP contribution in [0.4, 0.5) is 0 Å². The molecule has 0 bridgehead atoms. The van der Waals surface area contributed by atoms with Gasteiger partial charge in [0, 0.05) is 32.4 Å². The molecule has 0 aromatic carbocycles. The zero-order chi connectivity index (χ0) is 108. The van der Waals surface area contributed by atoms with E-state index < -0.39 is 327 Å². The van der Waals surface area contributed by atoms with E-state index in [1.54, 1.807) is 41.5 Å². The quantitative estimate of drug-likeness (QED) is 0.0153. The minimum absolute atomic E-state index is 0.0237. The van der Waals surface area contributed by atoms with Crippen LogP contribution in [-0.2, 0) is 110 Å². The summed E-state index contributed by atoms with van der Waals surface area (Å²) in [4.78, 5) is 309. The molecule has 0 radical (unpaired) electrons. The van der Waals surface area contributed by atoms with Crippen molar-refractivity contribution >= 4 is 142 Å². The van der Waals surface area contributed by atoms with E-state index in [1.165, 1.54) is 6.92 Å². The SMILES string of the molecule is CC[C@H](C)[C@H](NC(=O)CNC(=O)CNC(=O)[C@H](CCCNC(=N)N)NC(=O)[C@H](C)NC(=O)[C@@H](NC(=O)[C@H](C)NC(=O)[C@H](CCC(=O)O)NC(=O)[C@H](CCC(=O)O)NC(=O)[C@@H](N)CCC(=O)O)[C@@H](C)O)C(=O)N[C@H](C(=O)N[C@@H](CC(C)C)C(=O)N1CCC[C@H]1C(=O)N[C@@H](CC(=O)O)C(=O)N[C@H](C(=O)N[C@@H](C)C(=O)N[C@@H](CCCCN)C(=O)N[C@@H](CCCCN)C(=O)N[C@@H](CCCCN)C(=O)O)[C@@H](C)O)[C@@H](C)CC. The van der Waals surface area contributed by atoms with E-state index in [0.29, 0.717) is 32.1 Å². The lowest BCUT2D eigenvalue weighted by Gasteiger charge is -2.33. The summed E-state index contributed by atoms with van der Waals surface area (Å²) in [6.07, 6.45) is -5.60. The molecule has 0 unspecified atom stereocenters. The number of nitrogens with two attached hydrogens (primary N) is 5. The van der Waals surface area contributed by atoms with Crippen LogP contribution in [0.1, 0.15) is 224 Å². The summed E-state index contributed by atoms with van der Waals surface area (Å²) in [5, 5.41) is 120. The van der Waals surface area contributed by atoms with Crippen LogP contribution in [0.3, 0.4) is 0 Å². The highest BCUT2D eigenvalue weighted by atomic mass is 16.4. The fourth-order valence-electron chi connectivity index (χ4n) is 14.2. The molecule has 1 heterocycles. The lowest BCUT2D eigenvalue weighted by atomic mass is 9.94. The highest BCUT2D eigenvalue weighted by Gasteiger charge is 2.44. The third kappa shape index (κ3) is 48.3. The molecular weight excluding hydrogens is 1880 g/mol. The number of rotatable bonds is 71. The molecule has 1 fully saturated rings. The Labute approximate surface area is 821 Å². The summed E-state index contributed by atoms with van der Waals surface area (Å²) < 4.78 is 0. The first-order valence-corrected chi connectivity index (χ1v) is 47.4. The van der Waals surface area contributed by atoms with Crippen molar-refractivity contribution in [2.45, 2.75) is 339 Å². The normalized spacial score (nSPS) is 16.4. The number of aliphatic hydroxyl groups excluding tert-OH is 2. The number of carbonyl (C=O) groups is 23. The molecule has 0 saturated carbocycles. The average molecular weight is 2030 g/mol. The van der Waals surface area contributed by atoms with E-state index in [1.807, 2.05) is 0 Å². The Bertz CT molecular complexity index is 4280. The maximum absolute atomic E-state index is 14.8. The third-order valence-corrected chi connectivity index (χ3v) is 22.9. The second kappa shape index (κ2) is 66.5. The van der Waals surface area contributed by atoms with Crippen LogP contribution >= 0.6 is 0 Å². The van der Waals surface area contributed by atoms with Crippen molar-refractivity contribution in [2.24, 2.45) is 46.4 Å². The summed E-state index contributed by atoms with van der Waals surface area (Å²) in [5.41, 5.74) is 28.1. The van der Waals surface area contributed by atoms with E-state index in [-0.39, 0.29) is 109 Å². The number of nitrogens with zero attached hydrogens (tertiary/aromatic N) is 1. The number of guanidine groups is 1. The fraction of sp³-hybridized carbons (Fsp3) is 0.724. The molecule has 0 aromatic heterocycles. The van der Waals surface area contributed by atoms with Crippen LogP contribution in [0.25, 0.3) is 0 Å². The number of aliphatic hydroxyl groups is 2. The van der Waals surface area contributed by atoms with Gasteiger partial charge in [-0.3, -0.25) is 111 Å². The van der Waals surface area contributed by atoms with Crippen LogP contribution in [0.15, 0.2) is 0 Å². The van der Waals surface area contributed by atoms with Gasteiger partial charge < -0.3 is 165 Å². The van der Waals surface area contributed by atoms with Crippen molar-refractivity contribution in [1.82, 2.24) is 101 Å². The largest absolute Gasteiger partial charge is 0.481 e. The van der Waals surface area contributed by atoms with Gasteiger partial charge in [-0.15, -0.1) is 0 Å². The van der Waals surface area contributed by atoms with Gasteiger partial charge in [0.2, 0.25) is 106 Å². The zero-order valence-electron chi connectivity index (χ0n) is 82.3. The monoisotopic (exact) mass is 2030 g/mol. The Balaban J connectivity index is 3.36.